The molecule has 0 aromatic heterocycles. The molecular formula is C25H17F3O7S. The second kappa shape index (κ2) is 9.15. The Morgan fingerprint density at radius 3 is 1.92 bits per heavy atom. The third kappa shape index (κ3) is 4.69. The number of hydrogen-bond donors (Lipinski definition) is 2. The van der Waals surface area contributed by atoms with Crippen molar-refractivity contribution in [2.24, 2.45) is 0 Å². The minimum absolute atomic E-state index is 0.0796. The van der Waals surface area contributed by atoms with Crippen LogP contribution in [0.5, 0.6) is 5.75 Å². The summed E-state index contributed by atoms with van der Waals surface area (Å²) in [7, 11) is -6.14. The van der Waals surface area contributed by atoms with Crippen molar-refractivity contribution in [3.05, 3.63) is 77.9 Å². The molecule has 0 aliphatic carbocycles. The number of aliphatic carboxylic acids is 2. The molecule has 0 heterocycles. The first-order valence-electron chi connectivity index (χ1n) is 10.4. The first kappa shape index (κ1) is 25.0. The molecule has 0 saturated heterocycles. The lowest BCUT2D eigenvalue weighted by molar-refractivity contribution is -0.137. The Kier molecular flexibility index (Phi) is 6.35. The van der Waals surface area contributed by atoms with Gasteiger partial charge in [-0.3, -0.25) is 9.59 Å². The smallest absolute Gasteiger partial charge is 0.481 e. The zero-order valence-electron chi connectivity index (χ0n) is 18.2. The molecule has 0 atom stereocenters. The lowest BCUT2D eigenvalue weighted by atomic mass is 9.85. The zero-order chi connectivity index (χ0) is 26.3. The van der Waals surface area contributed by atoms with Crippen LogP contribution in [0.3, 0.4) is 0 Å². The third-order valence-corrected chi connectivity index (χ3v) is 6.50. The molecule has 36 heavy (non-hydrogen) atoms. The summed E-state index contributed by atoms with van der Waals surface area (Å²) in [6.07, 6.45) is -1.37. The second-order valence-corrected chi connectivity index (χ2v) is 9.43. The van der Waals surface area contributed by atoms with Crippen LogP contribution in [0, 0.1) is 0 Å². The summed E-state index contributed by atoms with van der Waals surface area (Å²) >= 11 is 0. The summed E-state index contributed by atoms with van der Waals surface area (Å²) < 4.78 is 67.8. The number of carbonyl (C=O) groups is 2. The van der Waals surface area contributed by atoms with Gasteiger partial charge >= 0.3 is 27.6 Å². The molecule has 0 aliphatic heterocycles. The Hall–Kier alpha value is -4.12. The molecule has 7 nitrogen and oxygen atoms in total. The summed E-state index contributed by atoms with van der Waals surface area (Å²) in [4.78, 5) is 23.5. The fourth-order valence-electron chi connectivity index (χ4n) is 4.14. The highest BCUT2D eigenvalue weighted by Gasteiger charge is 2.49. The molecule has 4 aromatic rings. The number of carboxylic acids is 2. The van der Waals surface area contributed by atoms with Gasteiger partial charge in [0.1, 0.15) is 5.75 Å². The molecule has 0 spiro atoms. The number of rotatable bonds is 7. The molecule has 0 unspecified atom stereocenters. The average Bonchev–Trinajstić information content (AvgIpc) is 2.78. The first-order chi connectivity index (χ1) is 16.9. The van der Waals surface area contributed by atoms with Crippen LogP contribution in [0.1, 0.15) is 11.1 Å². The van der Waals surface area contributed by atoms with Crippen molar-refractivity contribution in [3.8, 4) is 16.9 Å². The van der Waals surface area contributed by atoms with E-state index in [1.807, 2.05) is 0 Å². The monoisotopic (exact) mass is 518 g/mol. The van der Waals surface area contributed by atoms with E-state index in [4.69, 9.17) is 0 Å². The van der Waals surface area contributed by atoms with Crippen LogP contribution in [0.4, 0.5) is 13.2 Å². The average molecular weight is 518 g/mol. The highest BCUT2D eigenvalue weighted by Crippen LogP contribution is 2.44. The van der Waals surface area contributed by atoms with E-state index in [1.165, 1.54) is 12.1 Å². The van der Waals surface area contributed by atoms with E-state index in [1.54, 1.807) is 48.5 Å². The first-order valence-corrected chi connectivity index (χ1v) is 11.8. The van der Waals surface area contributed by atoms with Gasteiger partial charge in [0, 0.05) is 5.56 Å². The van der Waals surface area contributed by atoms with Crippen LogP contribution in [0.2, 0.25) is 0 Å². The SMILES string of the molecule is O=C(O)Cc1ccc2ccccc2c1-c1c(CC(=O)O)c(OS(=O)(=O)C(F)(F)F)cc2ccccc12. The molecule has 186 valence electrons. The van der Waals surface area contributed by atoms with Gasteiger partial charge in [0.25, 0.3) is 0 Å². The number of halogens is 3. The van der Waals surface area contributed by atoms with Gasteiger partial charge in [-0.1, -0.05) is 60.7 Å². The summed E-state index contributed by atoms with van der Waals surface area (Å²) in [6.45, 7) is 0. The number of alkyl halides is 3. The van der Waals surface area contributed by atoms with Crippen LogP contribution in [0.15, 0.2) is 66.7 Å². The van der Waals surface area contributed by atoms with Crippen LogP contribution in [-0.2, 0) is 32.5 Å². The van der Waals surface area contributed by atoms with Gasteiger partial charge in [0.15, 0.2) is 0 Å². The quantitative estimate of drug-likeness (QED) is 0.257. The van der Waals surface area contributed by atoms with Crippen LogP contribution >= 0.6 is 0 Å². The molecule has 0 aliphatic rings. The number of benzene rings is 4. The Bertz CT molecular complexity index is 1630. The molecule has 4 aromatic carbocycles. The minimum Gasteiger partial charge on any atom is -0.481 e. The van der Waals surface area contributed by atoms with Crippen molar-refractivity contribution in [2.75, 3.05) is 0 Å². The van der Waals surface area contributed by atoms with Gasteiger partial charge in [-0.2, -0.15) is 21.6 Å². The van der Waals surface area contributed by atoms with E-state index in [9.17, 15) is 41.4 Å². The van der Waals surface area contributed by atoms with Gasteiger partial charge in [0.05, 0.1) is 12.8 Å². The summed E-state index contributed by atoms with van der Waals surface area (Å²) in [5, 5.41) is 20.9. The van der Waals surface area contributed by atoms with E-state index in [-0.39, 0.29) is 27.6 Å². The third-order valence-electron chi connectivity index (χ3n) is 5.53. The summed E-state index contributed by atoms with van der Waals surface area (Å²) in [5.41, 5.74) is -5.49. The van der Waals surface area contributed by atoms with Crippen LogP contribution in [0.25, 0.3) is 32.7 Å². The van der Waals surface area contributed by atoms with Crippen LogP contribution in [-0.4, -0.2) is 36.1 Å². The molecule has 0 radical (unpaired) electrons. The van der Waals surface area contributed by atoms with E-state index in [2.05, 4.69) is 4.18 Å². The maximum atomic E-state index is 13.2. The Morgan fingerprint density at radius 1 is 0.778 bits per heavy atom. The highest BCUT2D eigenvalue weighted by atomic mass is 32.2. The molecule has 11 heteroatoms. The standard InChI is InChI=1S/C25H17F3O7S/c26-25(27,28)36(33,34)35-20-11-15-6-2-4-8-18(15)24(19(20)13-22(31)32)23-16(12-21(29)30)10-9-14-5-1-3-7-17(14)23/h1-11H,12-13H2,(H,29,30)(H,31,32). The second-order valence-electron chi connectivity index (χ2n) is 7.89. The highest BCUT2D eigenvalue weighted by molar-refractivity contribution is 7.88. The van der Waals surface area contributed by atoms with Gasteiger partial charge in [-0.25, -0.2) is 0 Å². The van der Waals surface area contributed by atoms with E-state index < -0.39 is 46.2 Å². The fourth-order valence-corrected chi connectivity index (χ4v) is 4.62. The normalized spacial score (nSPS) is 12.1. The van der Waals surface area contributed by atoms with Crippen molar-refractivity contribution >= 4 is 43.6 Å². The lowest BCUT2D eigenvalue weighted by Gasteiger charge is -2.21. The maximum Gasteiger partial charge on any atom is 0.534 e. The van der Waals surface area contributed by atoms with Crippen molar-refractivity contribution < 1.29 is 45.6 Å². The predicted octanol–water partition coefficient (Wildman–Crippen LogP) is 5.14. The topological polar surface area (TPSA) is 118 Å². The molecule has 0 fully saturated rings. The Labute approximate surface area is 202 Å². The maximum absolute atomic E-state index is 13.2. The number of fused-ring (bicyclic) bond motifs is 2. The fraction of sp³-hybridized carbons (Fsp3) is 0.120. The van der Waals surface area contributed by atoms with E-state index >= 15 is 0 Å². The molecule has 2 N–H and O–H groups in total. The zero-order valence-corrected chi connectivity index (χ0v) is 19.1. The molecule has 0 saturated carbocycles. The number of carboxylic acid groups (broad SMARTS) is 2. The molecule has 4 rings (SSSR count). The largest absolute Gasteiger partial charge is 0.534 e. The molecular weight excluding hydrogens is 501 g/mol. The molecule has 0 bridgehead atoms. The number of hydrogen-bond acceptors (Lipinski definition) is 5. The van der Waals surface area contributed by atoms with Crippen molar-refractivity contribution in [3.63, 3.8) is 0 Å². The Balaban J connectivity index is 2.19. The van der Waals surface area contributed by atoms with Gasteiger partial charge in [-0.05, 0) is 44.3 Å². The lowest BCUT2D eigenvalue weighted by Crippen LogP contribution is -2.28. The van der Waals surface area contributed by atoms with Crippen molar-refractivity contribution in [2.45, 2.75) is 18.3 Å². The van der Waals surface area contributed by atoms with Crippen molar-refractivity contribution in [1.82, 2.24) is 0 Å². The van der Waals surface area contributed by atoms with E-state index in [0.717, 1.165) is 6.07 Å². The van der Waals surface area contributed by atoms with Crippen molar-refractivity contribution in [1.29, 1.82) is 0 Å². The predicted molar refractivity (Wildman–Crippen MR) is 125 cm³/mol. The van der Waals surface area contributed by atoms with Gasteiger partial charge in [-0.15, -0.1) is 0 Å². The van der Waals surface area contributed by atoms with Gasteiger partial charge in [0.2, 0.25) is 0 Å². The minimum atomic E-state index is -6.14. The summed E-state index contributed by atoms with van der Waals surface area (Å²) in [6, 6.07) is 17.3. The molecule has 0 amide bonds. The Morgan fingerprint density at radius 2 is 1.33 bits per heavy atom. The van der Waals surface area contributed by atoms with E-state index in [0.29, 0.717) is 16.2 Å². The van der Waals surface area contributed by atoms with Crippen LogP contribution < -0.4 is 4.18 Å². The van der Waals surface area contributed by atoms with Gasteiger partial charge < -0.3 is 14.4 Å². The summed E-state index contributed by atoms with van der Waals surface area (Å²) in [5.74, 6) is -3.46.